The van der Waals surface area contributed by atoms with Crippen LogP contribution in [0.2, 0.25) is 0 Å². The molecule has 128 valence electrons. The van der Waals surface area contributed by atoms with Gasteiger partial charge in [-0.1, -0.05) is 26.2 Å². The molecule has 0 unspecified atom stereocenters. The van der Waals surface area contributed by atoms with Gasteiger partial charge >= 0.3 is 0 Å². The van der Waals surface area contributed by atoms with E-state index in [2.05, 4.69) is 12.2 Å². The van der Waals surface area contributed by atoms with Gasteiger partial charge in [0.15, 0.2) is 0 Å². The number of carbonyl (C=O) groups is 3. The van der Waals surface area contributed by atoms with Gasteiger partial charge in [-0.3, -0.25) is 29.4 Å². The van der Waals surface area contributed by atoms with Gasteiger partial charge in [0.2, 0.25) is 5.91 Å². The molecule has 0 spiro atoms. The second-order valence-electron chi connectivity index (χ2n) is 5.59. The van der Waals surface area contributed by atoms with E-state index >= 15 is 0 Å². The molecule has 1 aliphatic rings. The first-order chi connectivity index (χ1) is 11.5. The molecule has 2 rings (SSSR count). The second kappa shape index (κ2) is 7.67. The highest BCUT2D eigenvalue weighted by atomic mass is 16.6. The molecule has 1 aromatic carbocycles. The van der Waals surface area contributed by atoms with Crippen molar-refractivity contribution in [3.8, 4) is 0 Å². The summed E-state index contributed by atoms with van der Waals surface area (Å²) in [6, 6.07) is 3.48. The van der Waals surface area contributed by atoms with E-state index in [0.717, 1.165) is 36.6 Å². The van der Waals surface area contributed by atoms with Crippen LogP contribution in [0.1, 0.15) is 53.3 Å². The first kappa shape index (κ1) is 17.6. The van der Waals surface area contributed by atoms with Gasteiger partial charge < -0.3 is 5.32 Å². The molecule has 24 heavy (non-hydrogen) atoms. The highest BCUT2D eigenvalue weighted by molar-refractivity contribution is 6.22. The number of imide groups is 1. The molecule has 3 amide bonds. The molecule has 1 aromatic rings. The number of nitro benzene ring substituents is 1. The van der Waals surface area contributed by atoms with Crippen LogP contribution >= 0.6 is 0 Å². The second-order valence-corrected chi connectivity index (χ2v) is 5.59. The number of non-ortho nitro benzene ring substituents is 1. The van der Waals surface area contributed by atoms with Gasteiger partial charge in [0.1, 0.15) is 6.54 Å². The zero-order valence-electron chi connectivity index (χ0n) is 13.4. The van der Waals surface area contributed by atoms with Crippen molar-refractivity contribution < 1.29 is 19.3 Å². The summed E-state index contributed by atoms with van der Waals surface area (Å²) in [7, 11) is 0. The number of fused-ring (bicyclic) bond motifs is 1. The fourth-order valence-corrected chi connectivity index (χ4v) is 2.51. The maximum atomic E-state index is 12.2. The summed E-state index contributed by atoms with van der Waals surface area (Å²) in [6.45, 7) is 2.20. The summed E-state index contributed by atoms with van der Waals surface area (Å²) in [5.41, 5.74) is -0.219. The van der Waals surface area contributed by atoms with Gasteiger partial charge in [0, 0.05) is 18.7 Å². The molecule has 0 atom stereocenters. The van der Waals surface area contributed by atoms with Gasteiger partial charge in [-0.05, 0) is 12.5 Å². The van der Waals surface area contributed by atoms with Gasteiger partial charge in [-0.2, -0.15) is 0 Å². The number of nitro groups is 1. The van der Waals surface area contributed by atoms with E-state index in [-0.39, 0.29) is 23.4 Å². The lowest BCUT2D eigenvalue weighted by Gasteiger charge is -2.13. The Labute approximate surface area is 139 Å². The maximum Gasteiger partial charge on any atom is 0.270 e. The number of unbranched alkanes of at least 4 members (excludes halogenated alkanes) is 3. The summed E-state index contributed by atoms with van der Waals surface area (Å²) in [4.78, 5) is 47.3. The Morgan fingerprint density at radius 3 is 2.54 bits per heavy atom. The summed E-state index contributed by atoms with van der Waals surface area (Å²) in [6.07, 6.45) is 4.03. The Kier molecular flexibility index (Phi) is 5.62. The number of carbonyl (C=O) groups excluding carboxylic acids is 3. The largest absolute Gasteiger partial charge is 0.355 e. The predicted octanol–water partition coefficient (Wildman–Crippen LogP) is 1.89. The van der Waals surface area contributed by atoms with Crippen LogP contribution in [0, 0.1) is 10.1 Å². The zero-order chi connectivity index (χ0) is 17.7. The molecular weight excluding hydrogens is 314 g/mol. The van der Waals surface area contributed by atoms with Gasteiger partial charge in [0.05, 0.1) is 16.1 Å². The molecule has 0 saturated carbocycles. The molecule has 0 bridgehead atoms. The minimum atomic E-state index is -0.681. The molecule has 0 saturated heterocycles. The lowest BCUT2D eigenvalue weighted by molar-refractivity contribution is -0.384. The summed E-state index contributed by atoms with van der Waals surface area (Å²) in [5, 5.41) is 13.4. The fourth-order valence-electron chi connectivity index (χ4n) is 2.51. The van der Waals surface area contributed by atoms with Crippen LogP contribution in [0.25, 0.3) is 0 Å². The molecule has 0 fully saturated rings. The molecule has 1 heterocycles. The van der Waals surface area contributed by atoms with Crippen molar-refractivity contribution in [2.24, 2.45) is 0 Å². The van der Waals surface area contributed by atoms with E-state index in [1.165, 1.54) is 12.1 Å². The molecule has 1 aliphatic heterocycles. The van der Waals surface area contributed by atoms with E-state index < -0.39 is 22.6 Å². The molecule has 1 N–H and O–H groups in total. The van der Waals surface area contributed by atoms with Crippen molar-refractivity contribution >= 4 is 23.4 Å². The SMILES string of the molecule is CCCCCCNC(=O)CN1C(=O)c2ccc([N+](=O)[O-])cc2C1=O. The molecular formula is C16H19N3O5. The monoisotopic (exact) mass is 333 g/mol. The third-order valence-corrected chi connectivity index (χ3v) is 3.82. The average molecular weight is 333 g/mol. The number of rotatable bonds is 8. The van der Waals surface area contributed by atoms with Crippen molar-refractivity contribution in [3.63, 3.8) is 0 Å². The summed E-state index contributed by atoms with van der Waals surface area (Å²) >= 11 is 0. The lowest BCUT2D eigenvalue weighted by atomic mass is 10.1. The third kappa shape index (κ3) is 3.76. The van der Waals surface area contributed by atoms with Crippen molar-refractivity contribution in [2.75, 3.05) is 13.1 Å². The standard InChI is InChI=1S/C16H19N3O5/c1-2-3-4-5-8-17-14(20)10-18-15(21)12-7-6-11(19(23)24)9-13(12)16(18)22/h6-7,9H,2-5,8,10H2,1H3,(H,17,20). The zero-order valence-corrected chi connectivity index (χ0v) is 13.4. The number of nitrogens with one attached hydrogen (secondary N) is 1. The minimum absolute atomic E-state index is 0.0371. The average Bonchev–Trinajstić information content (AvgIpc) is 2.79. The van der Waals surface area contributed by atoms with Crippen LogP contribution in [-0.2, 0) is 4.79 Å². The van der Waals surface area contributed by atoms with Crippen LogP contribution < -0.4 is 5.32 Å². The van der Waals surface area contributed by atoms with E-state index in [1.807, 2.05) is 0 Å². The summed E-state index contributed by atoms with van der Waals surface area (Å²) < 4.78 is 0. The van der Waals surface area contributed by atoms with Crippen LogP contribution in [0.15, 0.2) is 18.2 Å². The van der Waals surface area contributed by atoms with Gasteiger partial charge in [-0.15, -0.1) is 0 Å². The Hall–Kier alpha value is -2.77. The van der Waals surface area contributed by atoms with Crippen LogP contribution in [0.5, 0.6) is 0 Å². The van der Waals surface area contributed by atoms with Crippen LogP contribution in [0.3, 0.4) is 0 Å². The van der Waals surface area contributed by atoms with Crippen molar-refractivity contribution in [2.45, 2.75) is 32.6 Å². The Balaban J connectivity index is 1.98. The molecule has 8 nitrogen and oxygen atoms in total. The topological polar surface area (TPSA) is 110 Å². The number of hydrogen-bond acceptors (Lipinski definition) is 5. The number of benzene rings is 1. The van der Waals surface area contributed by atoms with Crippen molar-refractivity contribution in [3.05, 3.63) is 39.4 Å². The van der Waals surface area contributed by atoms with Crippen molar-refractivity contribution in [1.82, 2.24) is 10.2 Å². The summed E-state index contributed by atoms with van der Waals surface area (Å²) in [5.74, 6) is -1.71. The number of hydrogen-bond donors (Lipinski definition) is 1. The molecule has 0 aromatic heterocycles. The van der Waals surface area contributed by atoms with Crippen LogP contribution in [-0.4, -0.2) is 40.6 Å². The van der Waals surface area contributed by atoms with Gasteiger partial charge in [0.25, 0.3) is 17.5 Å². The van der Waals surface area contributed by atoms with Crippen molar-refractivity contribution in [1.29, 1.82) is 0 Å². The quantitative estimate of drug-likeness (QED) is 0.338. The predicted molar refractivity (Wildman–Crippen MR) is 85.6 cm³/mol. The van der Waals surface area contributed by atoms with E-state index in [0.29, 0.717) is 6.54 Å². The third-order valence-electron chi connectivity index (χ3n) is 3.82. The normalized spacial score (nSPS) is 13.1. The molecule has 0 aliphatic carbocycles. The Morgan fingerprint density at radius 1 is 1.17 bits per heavy atom. The Morgan fingerprint density at radius 2 is 1.88 bits per heavy atom. The molecule has 0 radical (unpaired) electrons. The van der Waals surface area contributed by atoms with E-state index in [9.17, 15) is 24.5 Å². The first-order valence-electron chi connectivity index (χ1n) is 7.87. The van der Waals surface area contributed by atoms with E-state index in [4.69, 9.17) is 0 Å². The number of amides is 3. The Bertz CT molecular complexity index is 686. The number of nitrogens with zero attached hydrogens (tertiary/aromatic N) is 2. The fraction of sp³-hybridized carbons (Fsp3) is 0.438. The lowest BCUT2D eigenvalue weighted by Crippen LogP contribution is -2.40. The minimum Gasteiger partial charge on any atom is -0.355 e. The van der Waals surface area contributed by atoms with Crippen LogP contribution in [0.4, 0.5) is 5.69 Å². The highest BCUT2D eigenvalue weighted by Gasteiger charge is 2.37. The molecule has 8 heteroatoms. The van der Waals surface area contributed by atoms with Gasteiger partial charge in [-0.25, -0.2) is 0 Å². The smallest absolute Gasteiger partial charge is 0.270 e. The first-order valence-corrected chi connectivity index (χ1v) is 7.87. The van der Waals surface area contributed by atoms with E-state index in [1.54, 1.807) is 0 Å². The highest BCUT2D eigenvalue weighted by Crippen LogP contribution is 2.26. The maximum absolute atomic E-state index is 12.2.